The molecule has 0 unspecified atom stereocenters. The standard InChI is InChI=1S/C41H42N4O8/c1-6-21-51-37-22-29(12-11-28(37)10-7-27-8-14-31(15-9-27)45(47)48)34-19-17-33(25-39(34)50-5)53-41(46)35-18-13-30(23-38(35)49-4)43-26-52-40-24-32(44(2)3)16-20-36(40)42/h7-20,22-25,43H,6,21,26,42H2,1-5H3/b10-7+. The summed E-state index contributed by atoms with van der Waals surface area (Å²) < 4.78 is 28.9. The monoisotopic (exact) mass is 718 g/mol. The van der Waals surface area contributed by atoms with E-state index in [2.05, 4.69) is 5.32 Å². The van der Waals surface area contributed by atoms with Crippen LogP contribution in [0.3, 0.4) is 0 Å². The van der Waals surface area contributed by atoms with Gasteiger partial charge in [0.25, 0.3) is 5.69 Å². The second-order valence-electron chi connectivity index (χ2n) is 12.0. The number of esters is 1. The van der Waals surface area contributed by atoms with Gasteiger partial charge >= 0.3 is 5.97 Å². The third kappa shape index (κ3) is 9.56. The molecule has 0 amide bonds. The number of nitrogens with one attached hydrogen (secondary N) is 1. The van der Waals surface area contributed by atoms with Crippen LogP contribution in [0.25, 0.3) is 23.3 Å². The minimum Gasteiger partial charge on any atom is -0.496 e. The maximum Gasteiger partial charge on any atom is 0.347 e. The molecule has 0 saturated carbocycles. The lowest BCUT2D eigenvalue weighted by atomic mass is 10.0. The Balaban J connectivity index is 1.29. The third-order valence-corrected chi connectivity index (χ3v) is 8.17. The van der Waals surface area contributed by atoms with Gasteiger partial charge in [0.05, 0.1) is 31.4 Å². The van der Waals surface area contributed by atoms with Crippen LogP contribution in [0.5, 0.6) is 28.7 Å². The SMILES string of the molecule is CCCOc1cc(-c2ccc(OC(=O)c3ccc(NCOc4cc(N(C)C)ccc4N)cc3OC)cc2OC)ccc1/C=C/c1ccc([N+](=O)[O-])cc1. The summed E-state index contributed by atoms with van der Waals surface area (Å²) in [6, 6.07) is 27.9. The van der Waals surface area contributed by atoms with Crippen molar-refractivity contribution in [1.29, 1.82) is 0 Å². The number of hydrogen-bond acceptors (Lipinski definition) is 11. The molecule has 0 aliphatic carbocycles. The number of carbonyl (C=O) groups is 1. The van der Waals surface area contributed by atoms with Crippen molar-refractivity contribution in [2.45, 2.75) is 13.3 Å². The smallest absolute Gasteiger partial charge is 0.347 e. The number of nitro benzene ring substituents is 1. The number of nitrogen functional groups attached to an aromatic ring is 1. The largest absolute Gasteiger partial charge is 0.496 e. The normalized spacial score (nSPS) is 10.8. The average molecular weight is 719 g/mol. The van der Waals surface area contributed by atoms with E-state index in [0.717, 1.165) is 34.4 Å². The first-order valence-electron chi connectivity index (χ1n) is 16.8. The van der Waals surface area contributed by atoms with Crippen molar-refractivity contribution in [3.05, 3.63) is 124 Å². The van der Waals surface area contributed by atoms with E-state index >= 15 is 0 Å². The summed E-state index contributed by atoms with van der Waals surface area (Å²) in [6.07, 6.45) is 4.60. The van der Waals surface area contributed by atoms with Gasteiger partial charge in [-0.05, 0) is 72.1 Å². The van der Waals surface area contributed by atoms with Crippen LogP contribution in [0.2, 0.25) is 0 Å². The van der Waals surface area contributed by atoms with Crippen molar-refractivity contribution in [2.75, 3.05) is 57.6 Å². The second-order valence-corrected chi connectivity index (χ2v) is 12.0. The Hall–Kier alpha value is -6.69. The predicted octanol–water partition coefficient (Wildman–Crippen LogP) is 8.55. The van der Waals surface area contributed by atoms with E-state index in [-0.39, 0.29) is 23.7 Å². The Morgan fingerprint density at radius 2 is 1.60 bits per heavy atom. The zero-order chi connectivity index (χ0) is 37.9. The van der Waals surface area contributed by atoms with Crippen molar-refractivity contribution < 1.29 is 33.4 Å². The molecule has 0 spiro atoms. The molecule has 274 valence electrons. The maximum atomic E-state index is 13.3. The summed E-state index contributed by atoms with van der Waals surface area (Å²) in [5.41, 5.74) is 11.8. The lowest BCUT2D eigenvalue weighted by molar-refractivity contribution is -0.384. The van der Waals surface area contributed by atoms with Crippen molar-refractivity contribution in [1.82, 2.24) is 0 Å². The first kappa shape index (κ1) is 37.6. The van der Waals surface area contributed by atoms with Gasteiger partial charge in [-0.3, -0.25) is 10.1 Å². The number of methoxy groups -OCH3 is 2. The van der Waals surface area contributed by atoms with E-state index in [0.29, 0.717) is 41.0 Å². The van der Waals surface area contributed by atoms with E-state index in [9.17, 15) is 14.9 Å². The highest BCUT2D eigenvalue weighted by Gasteiger charge is 2.18. The van der Waals surface area contributed by atoms with Gasteiger partial charge in [-0.15, -0.1) is 0 Å². The van der Waals surface area contributed by atoms with Crippen molar-refractivity contribution in [3.8, 4) is 39.9 Å². The summed E-state index contributed by atoms with van der Waals surface area (Å²) in [4.78, 5) is 25.9. The van der Waals surface area contributed by atoms with Crippen LogP contribution < -0.4 is 39.6 Å². The van der Waals surface area contributed by atoms with Gasteiger partial charge in [0.15, 0.2) is 6.73 Å². The molecule has 12 heteroatoms. The van der Waals surface area contributed by atoms with Crippen LogP contribution in [0, 0.1) is 10.1 Å². The molecule has 5 aromatic carbocycles. The fourth-order valence-electron chi connectivity index (χ4n) is 5.30. The van der Waals surface area contributed by atoms with Crippen LogP contribution in [0.4, 0.5) is 22.7 Å². The Labute approximate surface area is 308 Å². The van der Waals surface area contributed by atoms with Crippen molar-refractivity contribution in [2.24, 2.45) is 0 Å². The van der Waals surface area contributed by atoms with Gasteiger partial charge in [-0.2, -0.15) is 0 Å². The number of nitrogens with zero attached hydrogens (tertiary/aromatic N) is 2. The van der Waals surface area contributed by atoms with Crippen LogP contribution in [0.15, 0.2) is 97.1 Å². The zero-order valence-electron chi connectivity index (χ0n) is 30.3. The molecule has 0 fully saturated rings. The number of hydrogen-bond donors (Lipinski definition) is 2. The number of rotatable bonds is 16. The van der Waals surface area contributed by atoms with Gasteiger partial charge in [-0.1, -0.05) is 31.2 Å². The number of carbonyl (C=O) groups excluding carboxylic acids is 1. The van der Waals surface area contributed by atoms with Gasteiger partial charge < -0.3 is 39.6 Å². The average Bonchev–Trinajstić information content (AvgIpc) is 3.17. The molecule has 5 rings (SSSR count). The number of nitrogens with two attached hydrogens (primary N) is 1. The molecule has 53 heavy (non-hydrogen) atoms. The molecular weight excluding hydrogens is 676 g/mol. The van der Waals surface area contributed by atoms with Crippen LogP contribution >= 0.6 is 0 Å². The molecule has 0 bridgehead atoms. The van der Waals surface area contributed by atoms with Gasteiger partial charge in [0.1, 0.15) is 34.3 Å². The number of non-ortho nitro benzene ring substituents is 1. The highest BCUT2D eigenvalue weighted by Crippen LogP contribution is 2.37. The molecule has 0 atom stereocenters. The Bertz CT molecular complexity index is 2100. The van der Waals surface area contributed by atoms with Crippen LogP contribution in [-0.4, -0.2) is 52.5 Å². The molecule has 12 nitrogen and oxygen atoms in total. The van der Waals surface area contributed by atoms with Gasteiger partial charge in [0.2, 0.25) is 0 Å². The summed E-state index contributed by atoms with van der Waals surface area (Å²) in [5, 5.41) is 14.2. The van der Waals surface area contributed by atoms with E-state index in [1.807, 2.05) is 74.5 Å². The maximum absolute atomic E-state index is 13.3. The molecule has 0 aromatic heterocycles. The summed E-state index contributed by atoms with van der Waals surface area (Å²) in [5.74, 6) is 1.71. The predicted molar refractivity (Wildman–Crippen MR) is 208 cm³/mol. The first-order valence-corrected chi connectivity index (χ1v) is 16.8. The fourth-order valence-corrected chi connectivity index (χ4v) is 5.30. The Morgan fingerprint density at radius 3 is 2.30 bits per heavy atom. The molecule has 0 saturated heterocycles. The van der Waals surface area contributed by atoms with Crippen molar-refractivity contribution in [3.63, 3.8) is 0 Å². The number of anilines is 3. The quantitative estimate of drug-likeness (QED) is 0.0192. The van der Waals surface area contributed by atoms with E-state index in [1.165, 1.54) is 19.2 Å². The van der Waals surface area contributed by atoms with Gasteiger partial charge in [0, 0.05) is 66.9 Å². The molecule has 0 heterocycles. The van der Waals surface area contributed by atoms with Crippen molar-refractivity contribution >= 4 is 40.9 Å². The van der Waals surface area contributed by atoms with Crippen LogP contribution in [0.1, 0.15) is 34.8 Å². The lowest BCUT2D eigenvalue weighted by Gasteiger charge is -2.17. The summed E-state index contributed by atoms with van der Waals surface area (Å²) in [6.45, 7) is 2.68. The molecular formula is C41H42N4O8. The molecule has 0 aliphatic rings. The first-order chi connectivity index (χ1) is 25.6. The number of benzene rings is 5. The topological polar surface area (TPSA) is 148 Å². The second kappa shape index (κ2) is 17.5. The summed E-state index contributed by atoms with van der Waals surface area (Å²) >= 11 is 0. The molecule has 3 N–H and O–H groups in total. The lowest BCUT2D eigenvalue weighted by Crippen LogP contribution is -2.13. The van der Waals surface area contributed by atoms with E-state index < -0.39 is 10.9 Å². The highest BCUT2D eigenvalue weighted by atomic mass is 16.6. The summed E-state index contributed by atoms with van der Waals surface area (Å²) in [7, 11) is 6.90. The third-order valence-electron chi connectivity index (χ3n) is 8.17. The Kier molecular flexibility index (Phi) is 12.4. The minimum atomic E-state index is -0.604. The minimum absolute atomic E-state index is 0.0340. The molecule has 0 radical (unpaired) electrons. The Morgan fingerprint density at radius 1 is 0.830 bits per heavy atom. The van der Waals surface area contributed by atoms with E-state index in [1.54, 1.807) is 55.6 Å². The van der Waals surface area contributed by atoms with E-state index in [4.69, 9.17) is 29.4 Å². The number of nitro groups is 1. The fraction of sp³-hybridized carbons (Fsp3) is 0.195. The number of ether oxygens (including phenoxy) is 5. The molecule has 5 aromatic rings. The molecule has 0 aliphatic heterocycles. The highest BCUT2D eigenvalue weighted by molar-refractivity contribution is 5.95. The van der Waals surface area contributed by atoms with Crippen LogP contribution in [-0.2, 0) is 0 Å². The van der Waals surface area contributed by atoms with Gasteiger partial charge in [-0.25, -0.2) is 4.79 Å². The zero-order valence-corrected chi connectivity index (χ0v) is 30.3.